The number of aliphatic hydroxyl groups is 1. The molecule has 4 nitrogen and oxygen atoms in total. The second kappa shape index (κ2) is 8.31. The molecule has 3 aromatic rings. The number of piperidine rings is 1. The van der Waals surface area contributed by atoms with Gasteiger partial charge in [-0.05, 0) is 60.2 Å². The predicted octanol–water partition coefficient (Wildman–Crippen LogP) is 4.60. The van der Waals surface area contributed by atoms with Gasteiger partial charge in [-0.2, -0.15) is 0 Å². The zero-order valence-electron chi connectivity index (χ0n) is 15.4. The first-order valence-electron chi connectivity index (χ1n) is 9.32. The van der Waals surface area contributed by atoms with Crippen LogP contribution in [0.5, 0.6) is 0 Å². The molecule has 0 bridgehead atoms. The molecule has 144 valence electrons. The molecule has 0 atom stereocenters. The fourth-order valence-electron chi connectivity index (χ4n) is 3.34. The molecule has 0 saturated carbocycles. The summed E-state index contributed by atoms with van der Waals surface area (Å²) in [6, 6.07) is 16.8. The number of benzene rings is 2. The van der Waals surface area contributed by atoms with Crippen LogP contribution in [0.3, 0.4) is 0 Å². The van der Waals surface area contributed by atoms with Gasteiger partial charge in [-0.15, -0.1) is 0 Å². The van der Waals surface area contributed by atoms with Crippen molar-refractivity contribution in [1.29, 1.82) is 0 Å². The summed E-state index contributed by atoms with van der Waals surface area (Å²) in [4.78, 5) is 5.13. The van der Waals surface area contributed by atoms with E-state index >= 15 is 0 Å². The van der Waals surface area contributed by atoms with E-state index in [-0.39, 0.29) is 11.9 Å². The molecule has 28 heavy (non-hydrogen) atoms. The smallest absolute Gasteiger partial charge is 0.131 e. The van der Waals surface area contributed by atoms with E-state index in [2.05, 4.69) is 15.4 Å². The highest BCUT2D eigenvalue weighted by atomic mass is 32.2. The summed E-state index contributed by atoms with van der Waals surface area (Å²) in [5.74, 6) is 0.127. The van der Waals surface area contributed by atoms with Crippen molar-refractivity contribution in [2.45, 2.75) is 23.8 Å². The molecule has 1 fully saturated rings. The molecular formula is C22H22FN3OS. The molecule has 3 N–H and O–H groups in total. The van der Waals surface area contributed by atoms with Gasteiger partial charge in [-0.3, -0.25) is 0 Å². The number of hydrogen-bond acceptors (Lipinski definition) is 5. The fraction of sp³-hybridized carbons (Fsp3) is 0.227. The number of aliphatic hydroxyl groups excluding tert-OH is 1. The zero-order valence-corrected chi connectivity index (χ0v) is 16.2. The monoisotopic (exact) mass is 395 g/mol. The lowest BCUT2D eigenvalue weighted by atomic mass is 10.0. The summed E-state index contributed by atoms with van der Waals surface area (Å²) in [5.41, 5.74) is 8.66. The standard InChI is InChI=1S/C22H22FN3OS/c23-20-13-15(5-7-18(20)16-6-8-22(24)25-14-16)19-3-1-2-4-21(19)28-26-11-9-17(27)10-12-26/h1-8,13-14,17,27H,9-12H2,(H2,24,25). The Morgan fingerprint density at radius 2 is 1.75 bits per heavy atom. The first kappa shape index (κ1) is 18.9. The molecular weight excluding hydrogens is 373 g/mol. The molecule has 0 spiro atoms. The van der Waals surface area contributed by atoms with E-state index in [9.17, 15) is 9.50 Å². The molecule has 0 radical (unpaired) electrons. The van der Waals surface area contributed by atoms with Gasteiger partial charge in [0.05, 0.1) is 6.10 Å². The maximum atomic E-state index is 14.9. The Kier molecular flexibility index (Phi) is 5.62. The van der Waals surface area contributed by atoms with Gasteiger partial charge in [0, 0.05) is 35.3 Å². The molecule has 0 amide bonds. The zero-order chi connectivity index (χ0) is 19.5. The third-order valence-electron chi connectivity index (χ3n) is 4.92. The number of halogens is 1. The number of nitrogens with two attached hydrogens (primary N) is 1. The summed E-state index contributed by atoms with van der Waals surface area (Å²) < 4.78 is 17.1. The highest BCUT2D eigenvalue weighted by Gasteiger charge is 2.19. The Labute approximate surface area is 168 Å². The summed E-state index contributed by atoms with van der Waals surface area (Å²) in [6.45, 7) is 1.69. The SMILES string of the molecule is Nc1ccc(-c2ccc(-c3ccccc3SN3CCC(O)CC3)cc2F)cn1. The molecule has 4 rings (SSSR count). The van der Waals surface area contributed by atoms with E-state index in [1.165, 1.54) is 0 Å². The minimum Gasteiger partial charge on any atom is -0.393 e. The van der Waals surface area contributed by atoms with Crippen molar-refractivity contribution in [1.82, 2.24) is 9.29 Å². The van der Waals surface area contributed by atoms with E-state index in [1.54, 1.807) is 42.4 Å². The molecule has 0 unspecified atom stereocenters. The van der Waals surface area contributed by atoms with Crippen LogP contribution in [-0.4, -0.2) is 33.6 Å². The van der Waals surface area contributed by atoms with Crippen molar-refractivity contribution < 1.29 is 9.50 Å². The first-order chi connectivity index (χ1) is 13.6. The number of rotatable bonds is 4. The summed E-state index contributed by atoms with van der Waals surface area (Å²) in [6.07, 6.45) is 2.96. The van der Waals surface area contributed by atoms with Crippen LogP contribution in [0.25, 0.3) is 22.3 Å². The lowest BCUT2D eigenvalue weighted by Gasteiger charge is -2.28. The van der Waals surface area contributed by atoms with Crippen LogP contribution < -0.4 is 5.73 Å². The predicted molar refractivity (Wildman–Crippen MR) is 112 cm³/mol. The van der Waals surface area contributed by atoms with Gasteiger partial charge in [0.2, 0.25) is 0 Å². The Hall–Kier alpha value is -2.41. The van der Waals surface area contributed by atoms with Crippen LogP contribution in [0.2, 0.25) is 0 Å². The van der Waals surface area contributed by atoms with Gasteiger partial charge in [0.15, 0.2) is 0 Å². The Morgan fingerprint density at radius 3 is 2.46 bits per heavy atom. The van der Waals surface area contributed by atoms with Gasteiger partial charge in [-0.25, -0.2) is 13.7 Å². The number of anilines is 1. The first-order valence-corrected chi connectivity index (χ1v) is 10.1. The number of nitrogen functional groups attached to an aromatic ring is 1. The maximum absolute atomic E-state index is 14.9. The molecule has 6 heteroatoms. The Balaban J connectivity index is 1.61. The van der Waals surface area contributed by atoms with E-state index in [4.69, 9.17) is 5.73 Å². The fourth-order valence-corrected chi connectivity index (χ4v) is 4.43. The molecule has 2 heterocycles. The van der Waals surface area contributed by atoms with E-state index in [1.807, 2.05) is 24.3 Å². The van der Waals surface area contributed by atoms with Gasteiger partial charge in [-0.1, -0.05) is 30.3 Å². The summed E-state index contributed by atoms with van der Waals surface area (Å²) in [5, 5.41) is 9.70. The van der Waals surface area contributed by atoms with Crippen LogP contribution in [0.15, 0.2) is 65.7 Å². The third kappa shape index (κ3) is 4.19. The highest BCUT2D eigenvalue weighted by Crippen LogP contribution is 2.36. The minimum absolute atomic E-state index is 0.198. The number of aromatic nitrogens is 1. The largest absolute Gasteiger partial charge is 0.393 e. The average molecular weight is 396 g/mol. The van der Waals surface area contributed by atoms with Crippen molar-refractivity contribution in [3.63, 3.8) is 0 Å². The summed E-state index contributed by atoms with van der Waals surface area (Å²) in [7, 11) is 0. The lowest BCUT2D eigenvalue weighted by molar-refractivity contribution is 0.116. The molecule has 1 saturated heterocycles. The minimum atomic E-state index is -0.287. The van der Waals surface area contributed by atoms with Crippen LogP contribution >= 0.6 is 11.9 Å². The van der Waals surface area contributed by atoms with Crippen molar-refractivity contribution in [2.24, 2.45) is 0 Å². The van der Waals surface area contributed by atoms with Gasteiger partial charge >= 0.3 is 0 Å². The highest BCUT2D eigenvalue weighted by molar-refractivity contribution is 7.97. The summed E-state index contributed by atoms with van der Waals surface area (Å²) >= 11 is 1.67. The third-order valence-corrected chi connectivity index (χ3v) is 6.09. The second-order valence-corrected chi connectivity index (χ2v) is 8.05. The van der Waals surface area contributed by atoms with Crippen molar-refractivity contribution >= 4 is 17.8 Å². The lowest BCUT2D eigenvalue weighted by Crippen LogP contribution is -2.31. The maximum Gasteiger partial charge on any atom is 0.131 e. The number of hydrogen-bond donors (Lipinski definition) is 2. The van der Waals surface area contributed by atoms with Crippen LogP contribution in [-0.2, 0) is 0 Å². The Bertz CT molecular complexity index is 956. The van der Waals surface area contributed by atoms with Gasteiger partial charge in [0.25, 0.3) is 0 Å². The number of nitrogens with zero attached hydrogens (tertiary/aromatic N) is 2. The van der Waals surface area contributed by atoms with Crippen molar-refractivity contribution in [3.8, 4) is 22.3 Å². The molecule has 2 aromatic carbocycles. The van der Waals surface area contributed by atoms with Crippen molar-refractivity contribution in [3.05, 3.63) is 66.6 Å². The van der Waals surface area contributed by atoms with Crippen LogP contribution in [0.1, 0.15) is 12.8 Å². The number of pyridine rings is 1. The van der Waals surface area contributed by atoms with Crippen molar-refractivity contribution in [2.75, 3.05) is 18.8 Å². The van der Waals surface area contributed by atoms with E-state index < -0.39 is 0 Å². The van der Waals surface area contributed by atoms with Gasteiger partial charge < -0.3 is 10.8 Å². The van der Waals surface area contributed by atoms with Crippen LogP contribution in [0, 0.1) is 5.82 Å². The quantitative estimate of drug-likeness (QED) is 0.632. The van der Waals surface area contributed by atoms with Crippen LogP contribution in [0.4, 0.5) is 10.2 Å². The molecule has 0 aliphatic carbocycles. The molecule has 1 aliphatic rings. The van der Waals surface area contributed by atoms with Gasteiger partial charge in [0.1, 0.15) is 11.6 Å². The molecule has 1 aliphatic heterocycles. The van der Waals surface area contributed by atoms with E-state index in [0.717, 1.165) is 42.0 Å². The normalized spacial score (nSPS) is 15.6. The molecule has 1 aromatic heterocycles. The second-order valence-electron chi connectivity index (χ2n) is 6.91. The van der Waals surface area contributed by atoms with E-state index in [0.29, 0.717) is 16.9 Å². The Morgan fingerprint density at radius 1 is 1.00 bits per heavy atom. The topological polar surface area (TPSA) is 62.4 Å². The average Bonchev–Trinajstić information content (AvgIpc) is 2.71.